The normalized spacial score (nSPS) is 39.0. The van der Waals surface area contributed by atoms with Crippen LogP contribution in [0.5, 0.6) is 0 Å². The van der Waals surface area contributed by atoms with Gasteiger partial charge in [-0.2, -0.15) is 0 Å². The largest absolute Gasteiger partial charge is 0.509 e. The molecule has 8 nitrogen and oxygen atoms in total. The van der Waals surface area contributed by atoms with Gasteiger partial charge in [-0.05, 0) is 66.4 Å². The molecule has 1 aromatic carbocycles. The van der Waals surface area contributed by atoms with E-state index >= 15 is 4.79 Å². The lowest BCUT2D eigenvalue weighted by molar-refractivity contribution is -0.181. The van der Waals surface area contributed by atoms with Gasteiger partial charge in [0.25, 0.3) is 0 Å². The monoisotopic (exact) mass is 672 g/mol. The van der Waals surface area contributed by atoms with Gasteiger partial charge in [0.1, 0.15) is 6.10 Å². The fraction of sp³-hybridized carbons (Fsp3) is 0.657. The Morgan fingerprint density at radius 2 is 1.68 bits per heavy atom. The number of esters is 2. The van der Waals surface area contributed by atoms with Gasteiger partial charge in [0, 0.05) is 17.3 Å². The van der Waals surface area contributed by atoms with Gasteiger partial charge in [-0.15, -0.1) is 0 Å². The summed E-state index contributed by atoms with van der Waals surface area (Å²) in [5.41, 5.74) is -2.01. The lowest BCUT2D eigenvalue weighted by Gasteiger charge is -2.47. The van der Waals surface area contributed by atoms with E-state index in [4.69, 9.17) is 18.9 Å². The van der Waals surface area contributed by atoms with Crippen molar-refractivity contribution in [2.45, 2.75) is 105 Å². The molecule has 6 rings (SSSR count). The summed E-state index contributed by atoms with van der Waals surface area (Å²) in [6.07, 6.45) is 2.87. The van der Waals surface area contributed by atoms with Gasteiger partial charge in [-0.25, -0.2) is 9.59 Å². The molecule has 2 bridgehead atoms. The van der Waals surface area contributed by atoms with Crippen LogP contribution in [0.4, 0.5) is 4.79 Å². The molecule has 5 aliphatic rings. The van der Waals surface area contributed by atoms with Crippen LogP contribution in [0.25, 0.3) is 0 Å². The molecule has 4 fully saturated rings. The fourth-order valence-electron chi connectivity index (χ4n) is 9.03. The highest BCUT2D eigenvalue weighted by atomic mass is 79.9. The number of fused-ring (bicyclic) bond motifs is 3. The van der Waals surface area contributed by atoms with E-state index in [1.807, 2.05) is 19.9 Å². The Balaban J connectivity index is 0.000000712. The van der Waals surface area contributed by atoms with Crippen molar-refractivity contribution in [2.24, 2.45) is 40.4 Å². The summed E-state index contributed by atoms with van der Waals surface area (Å²) >= 11 is 3.39. The Kier molecular flexibility index (Phi) is 8.62. The molecule has 3 saturated carbocycles. The van der Waals surface area contributed by atoms with Gasteiger partial charge in [0.15, 0.2) is 18.0 Å². The minimum absolute atomic E-state index is 0.0231. The lowest BCUT2D eigenvalue weighted by atomic mass is 9.59. The zero-order valence-electron chi connectivity index (χ0n) is 27.0. The SMILES string of the molecule is CC(=O)O[C@H]1C(C)=C[C@]23C(=O)[C@@H]([C@H](OC(=O)c4ccc(Br)cc4)[C@H](C)[C@H]4OC(=O)O[C@@]412)[C@H]1[C@@H](C[C@H]3C)C1(C)C.CCCCC. The summed E-state index contributed by atoms with van der Waals surface area (Å²) in [5, 5.41) is 0. The number of hydrogen-bond acceptors (Lipinski definition) is 8. The smallest absolute Gasteiger partial charge is 0.458 e. The van der Waals surface area contributed by atoms with Crippen molar-refractivity contribution in [1.29, 1.82) is 0 Å². The van der Waals surface area contributed by atoms with Crippen LogP contribution in [0.3, 0.4) is 0 Å². The third-order valence-corrected chi connectivity index (χ3v) is 11.6. The maximum Gasteiger partial charge on any atom is 0.509 e. The number of ether oxygens (including phenoxy) is 4. The van der Waals surface area contributed by atoms with E-state index in [0.717, 1.165) is 4.47 Å². The van der Waals surface area contributed by atoms with Gasteiger partial charge in [0.2, 0.25) is 5.60 Å². The molecule has 240 valence electrons. The Morgan fingerprint density at radius 1 is 1.05 bits per heavy atom. The van der Waals surface area contributed by atoms with Crippen molar-refractivity contribution in [3.05, 3.63) is 46.0 Å². The van der Waals surface area contributed by atoms with Crippen LogP contribution in [0.2, 0.25) is 0 Å². The van der Waals surface area contributed by atoms with E-state index in [2.05, 4.69) is 43.6 Å². The highest BCUT2D eigenvalue weighted by Gasteiger charge is 2.83. The van der Waals surface area contributed by atoms with E-state index in [1.165, 1.54) is 26.2 Å². The van der Waals surface area contributed by atoms with Crippen LogP contribution in [0.1, 0.15) is 91.4 Å². The molecule has 2 spiro atoms. The lowest BCUT2D eigenvalue weighted by Crippen LogP contribution is -2.65. The molecule has 0 amide bonds. The number of ketones is 1. The number of Topliss-reactive ketones (excluding diaryl/α,β-unsaturated/α-hetero) is 1. The third-order valence-electron chi connectivity index (χ3n) is 11.1. The molecule has 44 heavy (non-hydrogen) atoms. The number of carbonyl (C=O) groups excluding carboxylic acids is 4. The van der Waals surface area contributed by atoms with Crippen molar-refractivity contribution in [3.63, 3.8) is 0 Å². The van der Waals surface area contributed by atoms with Gasteiger partial charge in [0.05, 0.1) is 16.9 Å². The molecule has 0 N–H and O–H groups in total. The zero-order chi connectivity index (χ0) is 32.4. The summed E-state index contributed by atoms with van der Waals surface area (Å²) in [4.78, 5) is 53.8. The second kappa shape index (κ2) is 11.6. The Labute approximate surface area is 268 Å². The summed E-state index contributed by atoms with van der Waals surface area (Å²) in [7, 11) is 0. The first-order valence-corrected chi connectivity index (χ1v) is 16.7. The summed E-state index contributed by atoms with van der Waals surface area (Å²) in [5.74, 6) is -2.55. The van der Waals surface area contributed by atoms with E-state index in [-0.39, 0.29) is 29.0 Å². The molecule has 10 atom stereocenters. The van der Waals surface area contributed by atoms with Crippen molar-refractivity contribution >= 4 is 39.8 Å². The molecular formula is C35H45BrO8. The minimum Gasteiger partial charge on any atom is -0.458 e. The number of rotatable bonds is 5. The first-order chi connectivity index (χ1) is 20.7. The van der Waals surface area contributed by atoms with Crippen LogP contribution in [0, 0.1) is 40.4 Å². The number of hydrogen-bond donors (Lipinski definition) is 0. The second-order valence-electron chi connectivity index (χ2n) is 14.0. The molecule has 0 aromatic heterocycles. The van der Waals surface area contributed by atoms with Crippen LogP contribution in [0.15, 0.2) is 40.4 Å². The molecule has 1 aromatic rings. The predicted octanol–water partition coefficient (Wildman–Crippen LogP) is 7.47. The standard InChI is InChI=1S/C30H33BrO8.C5H12/c1-13-12-29-14(2)11-19-21(28(19,5)6)20(23(29)33)22(37-26(34)17-7-9-18(31)10-8-17)15(3)25-30(29,39-27(35)38-25)24(13)36-16(4)32;1-3-5-4-2/h7-10,12,14-15,19-22,24-25H,11H2,1-6H3;3-5H2,1-2H3/t14-,15+,19-,20-,21-,22-,24+,25-,29+,30-;/m1./s1. The van der Waals surface area contributed by atoms with Crippen LogP contribution < -0.4 is 0 Å². The maximum atomic E-state index is 15.1. The molecule has 1 heterocycles. The Bertz CT molecular complexity index is 1360. The third kappa shape index (κ3) is 4.74. The Hall–Kier alpha value is -2.68. The maximum absolute atomic E-state index is 15.1. The number of unbranched alkanes of at least 4 members (excludes halogenated alkanes) is 2. The first kappa shape index (κ1) is 32.7. The fourth-order valence-corrected chi connectivity index (χ4v) is 9.30. The molecule has 9 heteroatoms. The average molecular weight is 674 g/mol. The van der Waals surface area contributed by atoms with Gasteiger partial charge >= 0.3 is 18.1 Å². The Morgan fingerprint density at radius 3 is 2.25 bits per heavy atom. The van der Waals surface area contributed by atoms with Crippen LogP contribution in [-0.2, 0) is 28.5 Å². The molecular weight excluding hydrogens is 628 g/mol. The van der Waals surface area contributed by atoms with E-state index in [9.17, 15) is 14.4 Å². The number of halogens is 1. The summed E-state index contributed by atoms with van der Waals surface area (Å²) in [6, 6.07) is 6.83. The zero-order valence-corrected chi connectivity index (χ0v) is 28.6. The van der Waals surface area contributed by atoms with E-state index in [1.54, 1.807) is 31.2 Å². The van der Waals surface area contributed by atoms with Crippen molar-refractivity contribution in [2.75, 3.05) is 0 Å². The quantitative estimate of drug-likeness (QED) is 0.180. The number of carbonyl (C=O) groups is 4. The molecule has 0 unspecified atom stereocenters. The van der Waals surface area contributed by atoms with Gasteiger partial charge in [-0.1, -0.05) is 82.8 Å². The van der Waals surface area contributed by atoms with Crippen LogP contribution >= 0.6 is 15.9 Å². The predicted molar refractivity (Wildman–Crippen MR) is 167 cm³/mol. The average Bonchev–Trinajstić information content (AvgIpc) is 3.22. The summed E-state index contributed by atoms with van der Waals surface area (Å²) in [6.45, 7) is 15.7. The first-order valence-electron chi connectivity index (χ1n) is 16.0. The molecule has 0 radical (unpaired) electrons. The second-order valence-corrected chi connectivity index (χ2v) is 14.9. The van der Waals surface area contributed by atoms with E-state index < -0.39 is 59.3 Å². The highest BCUT2D eigenvalue weighted by Crippen LogP contribution is 2.74. The summed E-state index contributed by atoms with van der Waals surface area (Å²) < 4.78 is 24.8. The molecule has 1 aliphatic heterocycles. The van der Waals surface area contributed by atoms with Gasteiger partial charge < -0.3 is 18.9 Å². The van der Waals surface area contributed by atoms with Crippen molar-refractivity contribution in [3.8, 4) is 0 Å². The van der Waals surface area contributed by atoms with Crippen molar-refractivity contribution < 1.29 is 38.1 Å². The van der Waals surface area contributed by atoms with Crippen molar-refractivity contribution in [1.82, 2.24) is 0 Å². The topological polar surface area (TPSA) is 105 Å². The molecule has 4 aliphatic carbocycles. The van der Waals surface area contributed by atoms with E-state index in [0.29, 0.717) is 17.6 Å². The van der Waals surface area contributed by atoms with Gasteiger partial charge in [-0.3, -0.25) is 9.59 Å². The number of benzene rings is 1. The highest BCUT2D eigenvalue weighted by molar-refractivity contribution is 9.10. The molecule has 1 saturated heterocycles. The minimum atomic E-state index is -1.59. The van der Waals surface area contributed by atoms with Crippen LogP contribution in [-0.4, -0.2) is 47.8 Å².